The van der Waals surface area contributed by atoms with Crippen LogP contribution in [0.1, 0.15) is 25.7 Å². The first-order chi connectivity index (χ1) is 7.68. The third-order valence-electron chi connectivity index (χ3n) is 2.84. The highest BCUT2D eigenvalue weighted by Gasteiger charge is 2.20. The lowest BCUT2D eigenvalue weighted by atomic mass is 10.2. The zero-order valence-corrected chi connectivity index (χ0v) is 9.83. The van der Waals surface area contributed by atoms with Crippen LogP contribution in [0.3, 0.4) is 0 Å². The second kappa shape index (κ2) is 4.74. The molecular formula is C12H15ClN2O. The fourth-order valence-corrected chi connectivity index (χ4v) is 2.27. The van der Waals surface area contributed by atoms with Gasteiger partial charge in [-0.25, -0.2) is 0 Å². The number of halogens is 1. The van der Waals surface area contributed by atoms with Gasteiger partial charge in [-0.3, -0.25) is 4.79 Å². The van der Waals surface area contributed by atoms with Crippen LogP contribution in [0, 0.1) is 0 Å². The van der Waals surface area contributed by atoms with Crippen molar-refractivity contribution in [3.63, 3.8) is 0 Å². The molecule has 1 aliphatic rings. The van der Waals surface area contributed by atoms with Gasteiger partial charge in [0.15, 0.2) is 0 Å². The number of carbonyl (C=O) groups is 1. The first kappa shape index (κ1) is 11.3. The summed E-state index contributed by atoms with van der Waals surface area (Å²) in [7, 11) is 0. The summed E-state index contributed by atoms with van der Waals surface area (Å²) in [6.07, 6.45) is 3.73. The van der Waals surface area contributed by atoms with E-state index in [9.17, 15) is 4.79 Å². The molecule has 4 heteroatoms. The van der Waals surface area contributed by atoms with E-state index in [1.54, 1.807) is 17.0 Å². The molecule has 3 nitrogen and oxygen atoms in total. The molecule has 0 aliphatic carbocycles. The molecule has 1 saturated heterocycles. The Labute approximate surface area is 100 Å². The van der Waals surface area contributed by atoms with Gasteiger partial charge in [-0.15, -0.1) is 0 Å². The number of nitrogen functional groups attached to an aromatic ring is 1. The minimum atomic E-state index is 0.157. The summed E-state index contributed by atoms with van der Waals surface area (Å²) < 4.78 is 0. The van der Waals surface area contributed by atoms with Gasteiger partial charge >= 0.3 is 0 Å². The summed E-state index contributed by atoms with van der Waals surface area (Å²) in [6.45, 7) is 0.752. The number of benzene rings is 1. The molecule has 0 unspecified atom stereocenters. The summed E-state index contributed by atoms with van der Waals surface area (Å²) in [6, 6.07) is 5.29. The van der Waals surface area contributed by atoms with Crippen LogP contribution in [0.5, 0.6) is 0 Å². The topological polar surface area (TPSA) is 46.3 Å². The third-order valence-corrected chi connectivity index (χ3v) is 3.14. The van der Waals surface area contributed by atoms with Crippen molar-refractivity contribution in [2.45, 2.75) is 25.7 Å². The van der Waals surface area contributed by atoms with E-state index in [4.69, 9.17) is 17.3 Å². The molecule has 16 heavy (non-hydrogen) atoms. The average Bonchev–Trinajstić information content (AvgIpc) is 2.44. The summed E-state index contributed by atoms with van der Waals surface area (Å²) >= 11 is 6.11. The van der Waals surface area contributed by atoms with Crippen LogP contribution in [0.25, 0.3) is 0 Å². The smallest absolute Gasteiger partial charge is 0.227 e. The minimum absolute atomic E-state index is 0.157. The van der Waals surface area contributed by atoms with E-state index in [-0.39, 0.29) is 5.91 Å². The van der Waals surface area contributed by atoms with Crippen molar-refractivity contribution in [3.05, 3.63) is 23.2 Å². The van der Waals surface area contributed by atoms with Gasteiger partial charge in [-0.05, 0) is 31.0 Å². The second-order valence-electron chi connectivity index (χ2n) is 4.07. The fraction of sp³-hybridized carbons (Fsp3) is 0.417. The van der Waals surface area contributed by atoms with Crippen LogP contribution in [-0.4, -0.2) is 12.5 Å². The quantitative estimate of drug-likeness (QED) is 0.765. The van der Waals surface area contributed by atoms with Crippen LogP contribution in [-0.2, 0) is 4.79 Å². The van der Waals surface area contributed by atoms with Crippen molar-refractivity contribution in [1.82, 2.24) is 0 Å². The molecule has 1 heterocycles. The largest absolute Gasteiger partial charge is 0.399 e. The molecule has 0 saturated carbocycles. The van der Waals surface area contributed by atoms with E-state index in [2.05, 4.69) is 0 Å². The van der Waals surface area contributed by atoms with E-state index in [0.717, 1.165) is 31.5 Å². The first-order valence-electron chi connectivity index (χ1n) is 5.54. The van der Waals surface area contributed by atoms with Gasteiger partial charge in [0.25, 0.3) is 0 Å². The Hall–Kier alpha value is -1.22. The molecule has 1 aromatic rings. The summed E-state index contributed by atoms with van der Waals surface area (Å²) in [4.78, 5) is 13.7. The van der Waals surface area contributed by atoms with Crippen molar-refractivity contribution in [3.8, 4) is 0 Å². The van der Waals surface area contributed by atoms with Crippen LogP contribution in [0.15, 0.2) is 18.2 Å². The predicted molar refractivity (Wildman–Crippen MR) is 66.7 cm³/mol. The molecule has 2 rings (SSSR count). The van der Waals surface area contributed by atoms with Gasteiger partial charge < -0.3 is 10.6 Å². The molecule has 0 bridgehead atoms. The SMILES string of the molecule is Nc1ccc(N2CCCCCC2=O)c(Cl)c1. The van der Waals surface area contributed by atoms with E-state index >= 15 is 0 Å². The number of carbonyl (C=O) groups excluding carboxylic acids is 1. The van der Waals surface area contributed by atoms with E-state index < -0.39 is 0 Å². The van der Waals surface area contributed by atoms with Crippen LogP contribution in [0.4, 0.5) is 11.4 Å². The molecule has 1 aliphatic heterocycles. The maximum Gasteiger partial charge on any atom is 0.227 e. The Kier molecular flexibility index (Phi) is 3.34. The fourth-order valence-electron chi connectivity index (χ4n) is 1.98. The number of rotatable bonds is 1. The Bertz CT molecular complexity index is 406. The molecule has 1 fully saturated rings. The highest BCUT2D eigenvalue weighted by molar-refractivity contribution is 6.34. The zero-order valence-electron chi connectivity index (χ0n) is 9.08. The summed E-state index contributed by atoms with van der Waals surface area (Å²) in [5.41, 5.74) is 7.04. The third kappa shape index (κ3) is 2.30. The van der Waals surface area contributed by atoms with Crippen molar-refractivity contribution >= 4 is 28.9 Å². The van der Waals surface area contributed by atoms with Crippen LogP contribution < -0.4 is 10.6 Å². The first-order valence-corrected chi connectivity index (χ1v) is 5.91. The number of nitrogens with two attached hydrogens (primary N) is 1. The lowest BCUT2D eigenvalue weighted by Crippen LogP contribution is -2.30. The molecule has 0 atom stereocenters. The van der Waals surface area contributed by atoms with Crippen LogP contribution >= 0.6 is 11.6 Å². The molecule has 0 aromatic heterocycles. The zero-order chi connectivity index (χ0) is 11.5. The number of nitrogens with zero attached hydrogens (tertiary/aromatic N) is 1. The van der Waals surface area contributed by atoms with Crippen molar-refractivity contribution in [2.24, 2.45) is 0 Å². The Morgan fingerprint density at radius 2 is 2.06 bits per heavy atom. The van der Waals surface area contributed by atoms with E-state index in [0.29, 0.717) is 17.1 Å². The second-order valence-corrected chi connectivity index (χ2v) is 4.47. The van der Waals surface area contributed by atoms with E-state index in [1.807, 2.05) is 6.07 Å². The van der Waals surface area contributed by atoms with Crippen molar-refractivity contribution in [2.75, 3.05) is 17.2 Å². The van der Waals surface area contributed by atoms with Crippen LogP contribution in [0.2, 0.25) is 5.02 Å². The van der Waals surface area contributed by atoms with Gasteiger partial charge in [0, 0.05) is 18.7 Å². The van der Waals surface area contributed by atoms with Gasteiger partial charge in [-0.2, -0.15) is 0 Å². The average molecular weight is 239 g/mol. The number of amides is 1. The number of hydrogen-bond donors (Lipinski definition) is 1. The molecule has 86 valence electrons. The molecule has 0 radical (unpaired) electrons. The normalized spacial score (nSPS) is 17.3. The number of hydrogen-bond acceptors (Lipinski definition) is 2. The van der Waals surface area contributed by atoms with Crippen molar-refractivity contribution < 1.29 is 4.79 Å². The van der Waals surface area contributed by atoms with Gasteiger partial charge in [0.2, 0.25) is 5.91 Å². The van der Waals surface area contributed by atoms with Gasteiger partial charge in [0.05, 0.1) is 10.7 Å². The standard InChI is InChI=1S/C12H15ClN2O/c13-10-8-9(14)5-6-11(10)15-7-3-1-2-4-12(15)16/h5-6,8H,1-4,7,14H2. The molecule has 1 amide bonds. The highest BCUT2D eigenvalue weighted by Crippen LogP contribution is 2.29. The lowest BCUT2D eigenvalue weighted by molar-refractivity contribution is -0.118. The maximum atomic E-state index is 11.9. The summed E-state index contributed by atoms with van der Waals surface area (Å²) in [5.74, 6) is 0.157. The highest BCUT2D eigenvalue weighted by atomic mass is 35.5. The Balaban J connectivity index is 2.30. The number of anilines is 2. The Morgan fingerprint density at radius 3 is 2.81 bits per heavy atom. The predicted octanol–water partition coefficient (Wildman–Crippen LogP) is 2.83. The monoisotopic (exact) mass is 238 g/mol. The van der Waals surface area contributed by atoms with Gasteiger partial charge in [-0.1, -0.05) is 18.0 Å². The molecular weight excluding hydrogens is 224 g/mol. The molecule has 1 aromatic carbocycles. The minimum Gasteiger partial charge on any atom is -0.399 e. The molecule has 2 N–H and O–H groups in total. The van der Waals surface area contributed by atoms with E-state index in [1.165, 1.54) is 0 Å². The summed E-state index contributed by atoms with van der Waals surface area (Å²) in [5, 5.41) is 0.551. The Morgan fingerprint density at radius 1 is 1.25 bits per heavy atom. The lowest BCUT2D eigenvalue weighted by Gasteiger charge is -2.21. The van der Waals surface area contributed by atoms with Crippen molar-refractivity contribution in [1.29, 1.82) is 0 Å². The van der Waals surface area contributed by atoms with Gasteiger partial charge in [0.1, 0.15) is 0 Å². The maximum absolute atomic E-state index is 11.9. The molecule has 0 spiro atoms.